The summed E-state index contributed by atoms with van der Waals surface area (Å²) < 4.78 is 7.16. The molecule has 0 aliphatic heterocycles. The van der Waals surface area contributed by atoms with Crippen LogP contribution in [-0.2, 0) is 16.1 Å². The second kappa shape index (κ2) is 9.29. The van der Waals surface area contributed by atoms with Crippen molar-refractivity contribution in [2.75, 3.05) is 24.8 Å². The first kappa shape index (κ1) is 19.1. The van der Waals surface area contributed by atoms with Crippen molar-refractivity contribution in [3.8, 4) is 11.4 Å². The van der Waals surface area contributed by atoms with E-state index in [1.54, 1.807) is 19.5 Å². The van der Waals surface area contributed by atoms with Crippen LogP contribution in [0, 0.1) is 6.92 Å². The largest absolute Gasteiger partial charge is 0.383 e. The summed E-state index contributed by atoms with van der Waals surface area (Å²) >= 11 is 1.35. The van der Waals surface area contributed by atoms with Gasteiger partial charge in [-0.05, 0) is 31.2 Å². The van der Waals surface area contributed by atoms with Crippen molar-refractivity contribution in [1.29, 1.82) is 0 Å². The Balaban J connectivity index is 1.69. The molecule has 0 saturated carbocycles. The van der Waals surface area contributed by atoms with Gasteiger partial charge in [0.2, 0.25) is 5.91 Å². The van der Waals surface area contributed by atoms with E-state index in [-0.39, 0.29) is 11.7 Å². The van der Waals surface area contributed by atoms with E-state index in [4.69, 9.17) is 4.74 Å². The fraction of sp³-hybridized carbons (Fsp3) is 0.263. The molecule has 0 fully saturated rings. The van der Waals surface area contributed by atoms with Gasteiger partial charge in [0.15, 0.2) is 11.0 Å². The summed E-state index contributed by atoms with van der Waals surface area (Å²) in [5.41, 5.74) is 2.85. The molecule has 0 radical (unpaired) electrons. The number of amides is 1. The molecule has 0 aliphatic carbocycles. The van der Waals surface area contributed by atoms with Gasteiger partial charge in [-0.25, -0.2) is 0 Å². The van der Waals surface area contributed by atoms with Gasteiger partial charge in [0, 0.05) is 30.8 Å². The lowest BCUT2D eigenvalue weighted by Gasteiger charge is -2.10. The van der Waals surface area contributed by atoms with Crippen LogP contribution in [-0.4, -0.2) is 45.1 Å². The molecule has 140 valence electrons. The number of carbonyl (C=O) groups excluding carboxylic acids is 1. The van der Waals surface area contributed by atoms with Crippen LogP contribution in [0.15, 0.2) is 53.9 Å². The molecule has 2 heterocycles. The molecular weight excluding hydrogens is 362 g/mol. The van der Waals surface area contributed by atoms with Crippen molar-refractivity contribution in [3.63, 3.8) is 0 Å². The van der Waals surface area contributed by atoms with E-state index in [1.165, 1.54) is 11.8 Å². The van der Waals surface area contributed by atoms with Crippen molar-refractivity contribution in [3.05, 3.63) is 54.4 Å². The third kappa shape index (κ3) is 5.15. The van der Waals surface area contributed by atoms with Gasteiger partial charge in [-0.2, -0.15) is 0 Å². The molecule has 1 N–H and O–H groups in total. The molecule has 0 saturated heterocycles. The second-order valence-electron chi connectivity index (χ2n) is 5.89. The molecule has 27 heavy (non-hydrogen) atoms. The third-order valence-corrected chi connectivity index (χ3v) is 4.81. The summed E-state index contributed by atoms with van der Waals surface area (Å²) in [6.07, 6.45) is 3.43. The smallest absolute Gasteiger partial charge is 0.234 e. The number of nitrogens with one attached hydrogen (secondary N) is 1. The van der Waals surface area contributed by atoms with Crippen molar-refractivity contribution >= 4 is 23.4 Å². The zero-order valence-electron chi connectivity index (χ0n) is 15.3. The van der Waals surface area contributed by atoms with Gasteiger partial charge in [-0.3, -0.25) is 14.3 Å². The molecule has 8 heteroatoms. The number of pyridine rings is 1. The molecule has 0 bridgehead atoms. The van der Waals surface area contributed by atoms with E-state index < -0.39 is 0 Å². The van der Waals surface area contributed by atoms with E-state index >= 15 is 0 Å². The van der Waals surface area contributed by atoms with Gasteiger partial charge >= 0.3 is 0 Å². The number of methoxy groups -OCH3 is 1. The number of aryl methyl sites for hydroxylation is 1. The molecule has 3 aromatic rings. The highest BCUT2D eigenvalue weighted by atomic mass is 32.2. The number of hydrogen-bond donors (Lipinski definition) is 1. The van der Waals surface area contributed by atoms with E-state index in [0.29, 0.717) is 18.3 Å². The zero-order valence-corrected chi connectivity index (χ0v) is 16.1. The normalized spacial score (nSPS) is 10.7. The monoisotopic (exact) mass is 383 g/mol. The van der Waals surface area contributed by atoms with Gasteiger partial charge in [0.1, 0.15) is 0 Å². The third-order valence-electron chi connectivity index (χ3n) is 3.84. The number of nitrogens with zero attached hydrogens (tertiary/aromatic N) is 4. The summed E-state index contributed by atoms with van der Waals surface area (Å²) in [7, 11) is 1.65. The number of carbonyl (C=O) groups is 1. The molecule has 3 rings (SSSR count). The fourth-order valence-electron chi connectivity index (χ4n) is 2.46. The van der Waals surface area contributed by atoms with Crippen molar-refractivity contribution in [1.82, 2.24) is 19.7 Å². The Morgan fingerprint density at radius 3 is 2.59 bits per heavy atom. The van der Waals surface area contributed by atoms with Gasteiger partial charge in [-0.1, -0.05) is 29.5 Å². The maximum atomic E-state index is 12.3. The van der Waals surface area contributed by atoms with E-state index in [2.05, 4.69) is 20.5 Å². The topological polar surface area (TPSA) is 81.9 Å². The van der Waals surface area contributed by atoms with Crippen LogP contribution >= 0.6 is 11.8 Å². The molecule has 0 spiro atoms. The van der Waals surface area contributed by atoms with Crippen molar-refractivity contribution in [2.45, 2.75) is 18.6 Å². The number of anilines is 1. The molecule has 1 aromatic carbocycles. The molecule has 0 unspecified atom stereocenters. The number of aromatic nitrogens is 4. The fourth-order valence-corrected chi connectivity index (χ4v) is 3.22. The van der Waals surface area contributed by atoms with Crippen LogP contribution in [0.2, 0.25) is 0 Å². The Kier molecular flexibility index (Phi) is 6.56. The Hall–Kier alpha value is -2.71. The van der Waals surface area contributed by atoms with Gasteiger partial charge in [0.05, 0.1) is 18.9 Å². The van der Waals surface area contributed by atoms with Gasteiger partial charge in [-0.15, -0.1) is 10.2 Å². The van der Waals surface area contributed by atoms with Crippen molar-refractivity contribution < 1.29 is 9.53 Å². The Labute approximate surface area is 162 Å². The number of thioether (sulfide) groups is 1. The van der Waals surface area contributed by atoms with Crippen LogP contribution in [0.3, 0.4) is 0 Å². The molecular formula is C19H21N5O2S. The predicted molar refractivity (Wildman–Crippen MR) is 106 cm³/mol. The first-order chi connectivity index (χ1) is 13.2. The zero-order chi connectivity index (χ0) is 19.1. The van der Waals surface area contributed by atoms with Crippen molar-refractivity contribution in [2.24, 2.45) is 0 Å². The highest BCUT2D eigenvalue weighted by molar-refractivity contribution is 7.99. The predicted octanol–water partition coefficient (Wildman–Crippen LogP) is 3.03. The summed E-state index contributed by atoms with van der Waals surface area (Å²) in [5, 5.41) is 12.1. The summed E-state index contributed by atoms with van der Waals surface area (Å²) in [5.74, 6) is 0.890. The van der Waals surface area contributed by atoms with E-state index in [1.807, 2.05) is 47.9 Å². The Bertz CT molecular complexity index is 881. The minimum Gasteiger partial charge on any atom is -0.383 e. The summed E-state index contributed by atoms with van der Waals surface area (Å²) in [4.78, 5) is 16.3. The maximum absolute atomic E-state index is 12.3. The van der Waals surface area contributed by atoms with Gasteiger partial charge < -0.3 is 10.1 Å². The quantitative estimate of drug-likeness (QED) is 0.602. The SMILES string of the molecule is COCCn1c(SCC(=O)Nc2ccc(C)cc2)nnc1-c1ccncc1. The number of benzene rings is 1. The van der Waals surface area contributed by atoms with E-state index in [0.717, 1.165) is 22.6 Å². The molecule has 1 amide bonds. The first-order valence-corrected chi connectivity index (χ1v) is 9.48. The second-order valence-corrected chi connectivity index (χ2v) is 6.83. The Morgan fingerprint density at radius 2 is 1.89 bits per heavy atom. The summed E-state index contributed by atoms with van der Waals surface area (Å²) in [6.45, 7) is 3.14. The minimum absolute atomic E-state index is 0.0874. The van der Waals surface area contributed by atoms with Crippen LogP contribution in [0.4, 0.5) is 5.69 Å². The standard InChI is InChI=1S/C19H21N5O2S/c1-14-3-5-16(6-4-14)21-17(25)13-27-19-23-22-18(24(19)11-12-26-2)15-7-9-20-10-8-15/h3-10H,11-13H2,1-2H3,(H,21,25). The molecule has 0 aliphatic rings. The number of ether oxygens (including phenoxy) is 1. The minimum atomic E-state index is -0.0874. The van der Waals surface area contributed by atoms with Crippen LogP contribution in [0.25, 0.3) is 11.4 Å². The molecule has 7 nitrogen and oxygen atoms in total. The highest BCUT2D eigenvalue weighted by Crippen LogP contribution is 2.23. The average molecular weight is 383 g/mol. The number of hydrogen-bond acceptors (Lipinski definition) is 6. The molecule has 2 aromatic heterocycles. The lowest BCUT2D eigenvalue weighted by Crippen LogP contribution is -2.15. The maximum Gasteiger partial charge on any atom is 0.234 e. The highest BCUT2D eigenvalue weighted by Gasteiger charge is 2.15. The van der Waals surface area contributed by atoms with Crippen LogP contribution in [0.5, 0.6) is 0 Å². The van der Waals surface area contributed by atoms with Crippen LogP contribution in [0.1, 0.15) is 5.56 Å². The van der Waals surface area contributed by atoms with Gasteiger partial charge in [0.25, 0.3) is 0 Å². The lowest BCUT2D eigenvalue weighted by atomic mass is 10.2. The lowest BCUT2D eigenvalue weighted by molar-refractivity contribution is -0.113. The van der Waals surface area contributed by atoms with Crippen LogP contribution < -0.4 is 5.32 Å². The van der Waals surface area contributed by atoms with E-state index in [9.17, 15) is 4.79 Å². The number of rotatable bonds is 8. The summed E-state index contributed by atoms with van der Waals surface area (Å²) in [6, 6.07) is 11.5. The average Bonchev–Trinajstić information content (AvgIpc) is 3.10. The molecule has 0 atom stereocenters. The first-order valence-electron chi connectivity index (χ1n) is 8.49. The Morgan fingerprint density at radius 1 is 1.15 bits per heavy atom.